The lowest BCUT2D eigenvalue weighted by molar-refractivity contribution is -0.115. The third-order valence-electron chi connectivity index (χ3n) is 6.81. The van der Waals surface area contributed by atoms with E-state index in [2.05, 4.69) is 20.9 Å². The Kier molecular flexibility index (Phi) is 8.33. The molecule has 0 unspecified atom stereocenters. The van der Waals surface area contributed by atoms with Crippen LogP contribution in [0.1, 0.15) is 76.2 Å². The number of aromatic amines is 1. The van der Waals surface area contributed by atoms with E-state index in [9.17, 15) is 19.6 Å². The highest BCUT2D eigenvalue weighted by molar-refractivity contribution is 5.95. The number of nitrogens with two attached hydrogens (primary N) is 1. The molecule has 1 amide bonds. The molecular formula is C26H39N7O3. The highest BCUT2D eigenvalue weighted by Crippen LogP contribution is 2.37. The molecule has 1 fully saturated rings. The van der Waals surface area contributed by atoms with Gasteiger partial charge < -0.3 is 20.5 Å². The molecule has 0 aliphatic heterocycles. The Balaban J connectivity index is 1.99. The molecule has 1 aliphatic rings. The molecule has 10 heteroatoms. The van der Waals surface area contributed by atoms with E-state index < -0.39 is 11.2 Å². The third kappa shape index (κ3) is 5.50. The number of amides is 1. The zero-order valence-electron chi connectivity index (χ0n) is 22.3. The van der Waals surface area contributed by atoms with E-state index in [4.69, 9.17) is 5.73 Å². The molecule has 4 N–H and O–H groups in total. The normalized spacial score (nSPS) is 14.0. The van der Waals surface area contributed by atoms with E-state index in [1.54, 1.807) is 4.90 Å². The van der Waals surface area contributed by atoms with Crippen LogP contribution in [0.3, 0.4) is 0 Å². The summed E-state index contributed by atoms with van der Waals surface area (Å²) < 4.78 is 3.44. The Morgan fingerprint density at radius 1 is 1.19 bits per heavy atom. The van der Waals surface area contributed by atoms with Crippen LogP contribution in [0.4, 0.5) is 17.3 Å². The van der Waals surface area contributed by atoms with Crippen LogP contribution in [0.15, 0.2) is 9.59 Å². The molecule has 0 spiro atoms. The fourth-order valence-electron chi connectivity index (χ4n) is 5.16. The number of aromatic nitrogens is 3. The van der Waals surface area contributed by atoms with Crippen molar-refractivity contribution in [1.29, 1.82) is 5.26 Å². The number of nitrogens with zero attached hydrogens (tertiary/aromatic N) is 4. The first-order chi connectivity index (χ1) is 17.0. The van der Waals surface area contributed by atoms with Crippen LogP contribution in [0.25, 0.3) is 0 Å². The minimum absolute atomic E-state index is 0.0460. The Morgan fingerprint density at radius 3 is 2.39 bits per heavy atom. The summed E-state index contributed by atoms with van der Waals surface area (Å²) in [5, 5.41) is 12.8. The van der Waals surface area contributed by atoms with Crippen LogP contribution in [0.2, 0.25) is 0 Å². The molecule has 196 valence electrons. The number of hydrogen-bond donors (Lipinski definition) is 3. The van der Waals surface area contributed by atoms with E-state index >= 15 is 0 Å². The lowest BCUT2D eigenvalue weighted by atomic mass is 10.2. The van der Waals surface area contributed by atoms with Gasteiger partial charge in [0.05, 0.1) is 12.1 Å². The van der Waals surface area contributed by atoms with E-state index in [-0.39, 0.29) is 41.8 Å². The standard InChI is InChI=1S/C26H39N7O3/c1-15(2)12-31(22-23(28)32(13-16(3)4)26(36)30-25(22)35)14-21(34)29-24-20(11-27)17(5)18(6)33(24)19-9-7-8-10-19/h15-16,19H,7-10,12-14,28H2,1-6H3,(H,29,34)(H,30,35,36). The van der Waals surface area contributed by atoms with Gasteiger partial charge in [-0.3, -0.25) is 19.1 Å². The number of hydrogen-bond acceptors (Lipinski definition) is 6. The summed E-state index contributed by atoms with van der Waals surface area (Å²) in [5.74, 6) is 0.447. The number of carbonyl (C=O) groups excluding carboxylic acids is 1. The maximum absolute atomic E-state index is 13.4. The van der Waals surface area contributed by atoms with Gasteiger partial charge in [0, 0.05) is 24.8 Å². The van der Waals surface area contributed by atoms with Gasteiger partial charge in [-0.1, -0.05) is 40.5 Å². The molecule has 1 saturated carbocycles. The molecule has 0 atom stereocenters. The van der Waals surface area contributed by atoms with Gasteiger partial charge in [0.2, 0.25) is 5.91 Å². The molecule has 10 nitrogen and oxygen atoms in total. The second kappa shape index (κ2) is 11.1. The van der Waals surface area contributed by atoms with Gasteiger partial charge in [0.25, 0.3) is 5.56 Å². The van der Waals surface area contributed by atoms with Gasteiger partial charge in [-0.05, 0) is 44.1 Å². The van der Waals surface area contributed by atoms with Gasteiger partial charge >= 0.3 is 5.69 Å². The van der Waals surface area contributed by atoms with Crippen molar-refractivity contribution in [2.45, 2.75) is 79.8 Å². The minimum atomic E-state index is -0.621. The van der Waals surface area contributed by atoms with Crippen LogP contribution < -0.4 is 27.2 Å². The second-order valence-corrected chi connectivity index (χ2v) is 10.7. The van der Waals surface area contributed by atoms with Crippen molar-refractivity contribution in [1.82, 2.24) is 14.1 Å². The number of rotatable bonds is 9. The summed E-state index contributed by atoms with van der Waals surface area (Å²) in [4.78, 5) is 42.7. The van der Waals surface area contributed by atoms with Crippen LogP contribution in [-0.2, 0) is 11.3 Å². The first-order valence-corrected chi connectivity index (χ1v) is 12.7. The molecule has 2 aromatic heterocycles. The van der Waals surface area contributed by atoms with Crippen molar-refractivity contribution < 1.29 is 4.79 Å². The van der Waals surface area contributed by atoms with E-state index in [1.807, 2.05) is 41.5 Å². The molecule has 0 radical (unpaired) electrons. The summed E-state index contributed by atoms with van der Waals surface area (Å²) in [6, 6.07) is 2.50. The quantitative estimate of drug-likeness (QED) is 0.485. The molecule has 3 rings (SSSR count). The maximum atomic E-state index is 13.4. The molecule has 2 heterocycles. The number of nitrogens with one attached hydrogen (secondary N) is 2. The zero-order chi connectivity index (χ0) is 26.7. The molecule has 0 aromatic carbocycles. The lowest BCUT2D eigenvalue weighted by Gasteiger charge is -2.28. The average Bonchev–Trinajstić information content (AvgIpc) is 3.37. The molecule has 36 heavy (non-hydrogen) atoms. The Hall–Kier alpha value is -3.48. The van der Waals surface area contributed by atoms with Crippen molar-refractivity contribution in [3.05, 3.63) is 37.7 Å². The predicted molar refractivity (Wildman–Crippen MR) is 142 cm³/mol. The van der Waals surface area contributed by atoms with Crippen molar-refractivity contribution in [3.63, 3.8) is 0 Å². The topological polar surface area (TPSA) is 142 Å². The SMILES string of the molecule is Cc1c(C#N)c(NC(=O)CN(CC(C)C)c2c(N)n(CC(C)C)c(=O)[nH]c2=O)n(C2CCCC2)c1C. The molecule has 2 aromatic rings. The minimum Gasteiger partial charge on any atom is -0.383 e. The number of nitriles is 1. The summed E-state index contributed by atoms with van der Waals surface area (Å²) in [6.07, 6.45) is 4.25. The summed E-state index contributed by atoms with van der Waals surface area (Å²) in [7, 11) is 0. The van der Waals surface area contributed by atoms with Crippen molar-refractivity contribution in [3.8, 4) is 6.07 Å². The summed E-state index contributed by atoms with van der Waals surface area (Å²) in [6.45, 7) is 12.3. The van der Waals surface area contributed by atoms with Gasteiger partial charge in [-0.2, -0.15) is 5.26 Å². The first-order valence-electron chi connectivity index (χ1n) is 12.7. The monoisotopic (exact) mass is 497 g/mol. The van der Waals surface area contributed by atoms with Crippen LogP contribution >= 0.6 is 0 Å². The summed E-state index contributed by atoms with van der Waals surface area (Å²) in [5.41, 5.74) is 7.56. The second-order valence-electron chi connectivity index (χ2n) is 10.7. The highest BCUT2D eigenvalue weighted by atomic mass is 16.2. The molecule has 1 aliphatic carbocycles. The van der Waals surface area contributed by atoms with Gasteiger partial charge in [0.1, 0.15) is 23.4 Å². The number of anilines is 3. The Bertz CT molecular complexity index is 1270. The maximum Gasteiger partial charge on any atom is 0.330 e. The molecule has 0 bridgehead atoms. The summed E-state index contributed by atoms with van der Waals surface area (Å²) >= 11 is 0. The Morgan fingerprint density at radius 2 is 1.83 bits per heavy atom. The number of H-pyrrole nitrogens is 1. The van der Waals surface area contributed by atoms with E-state index in [0.29, 0.717) is 24.5 Å². The average molecular weight is 498 g/mol. The zero-order valence-corrected chi connectivity index (χ0v) is 22.3. The van der Waals surface area contributed by atoms with E-state index in [1.165, 1.54) is 4.57 Å². The van der Waals surface area contributed by atoms with Crippen molar-refractivity contribution in [2.75, 3.05) is 29.0 Å². The van der Waals surface area contributed by atoms with Gasteiger partial charge in [-0.15, -0.1) is 0 Å². The third-order valence-corrected chi connectivity index (χ3v) is 6.81. The van der Waals surface area contributed by atoms with Crippen LogP contribution in [0, 0.1) is 37.0 Å². The smallest absolute Gasteiger partial charge is 0.330 e. The van der Waals surface area contributed by atoms with Crippen molar-refractivity contribution in [2.24, 2.45) is 11.8 Å². The highest BCUT2D eigenvalue weighted by Gasteiger charge is 2.28. The van der Waals surface area contributed by atoms with Crippen LogP contribution in [-0.4, -0.2) is 33.1 Å². The number of carbonyl (C=O) groups is 1. The largest absolute Gasteiger partial charge is 0.383 e. The van der Waals surface area contributed by atoms with Gasteiger partial charge in [0.15, 0.2) is 0 Å². The lowest BCUT2D eigenvalue weighted by Crippen LogP contribution is -2.43. The predicted octanol–water partition coefficient (Wildman–Crippen LogP) is 3.28. The van der Waals surface area contributed by atoms with Crippen LogP contribution in [0.5, 0.6) is 0 Å². The molecule has 0 saturated heterocycles. The fraction of sp³-hybridized carbons (Fsp3) is 0.615. The van der Waals surface area contributed by atoms with Crippen molar-refractivity contribution >= 4 is 23.2 Å². The van der Waals surface area contributed by atoms with Gasteiger partial charge in [-0.25, -0.2) is 4.79 Å². The molecular weight excluding hydrogens is 458 g/mol. The number of nitrogen functional groups attached to an aromatic ring is 1. The Labute approximate surface area is 212 Å². The van der Waals surface area contributed by atoms with E-state index in [0.717, 1.165) is 36.9 Å². The first kappa shape index (κ1) is 27.1. The fourth-order valence-corrected chi connectivity index (χ4v) is 5.16.